The minimum atomic E-state index is -0.799. The molecule has 0 unspecified atom stereocenters. The van der Waals surface area contributed by atoms with Crippen LogP contribution in [0.15, 0.2) is 0 Å². The van der Waals surface area contributed by atoms with Crippen LogP contribution in [0.25, 0.3) is 0 Å². The second-order valence-electron chi connectivity index (χ2n) is 9.92. The van der Waals surface area contributed by atoms with E-state index in [0.29, 0.717) is 24.2 Å². The van der Waals surface area contributed by atoms with Gasteiger partial charge in [-0.3, -0.25) is 9.59 Å². The van der Waals surface area contributed by atoms with Crippen LogP contribution in [0.3, 0.4) is 0 Å². The molecule has 0 heterocycles. The molecule has 26 heavy (non-hydrogen) atoms. The molecule has 3 fully saturated rings. The van der Waals surface area contributed by atoms with Gasteiger partial charge in [-0.15, -0.1) is 0 Å². The van der Waals surface area contributed by atoms with E-state index >= 15 is 0 Å². The molecule has 0 spiro atoms. The van der Waals surface area contributed by atoms with Crippen molar-refractivity contribution >= 4 is 11.9 Å². The summed E-state index contributed by atoms with van der Waals surface area (Å²) in [6.45, 7) is 6.36. The number of hydrogen-bond donors (Lipinski definition) is 3. The number of carboxylic acids is 2. The van der Waals surface area contributed by atoms with E-state index in [-0.39, 0.29) is 29.6 Å². The molecule has 3 aliphatic carbocycles. The number of aliphatic carboxylic acids is 2. The lowest BCUT2D eigenvalue weighted by atomic mass is 9.45. The highest BCUT2D eigenvalue weighted by molar-refractivity contribution is 5.68. The zero-order chi connectivity index (χ0) is 19.3. The molecule has 148 valence electrons. The number of carbonyl (C=O) groups is 2. The van der Waals surface area contributed by atoms with Gasteiger partial charge in [-0.1, -0.05) is 13.8 Å². The fourth-order valence-electron chi connectivity index (χ4n) is 7.09. The van der Waals surface area contributed by atoms with Gasteiger partial charge in [0.25, 0.3) is 0 Å². The van der Waals surface area contributed by atoms with Gasteiger partial charge < -0.3 is 15.3 Å². The molecule has 3 N–H and O–H groups in total. The van der Waals surface area contributed by atoms with Crippen molar-refractivity contribution in [3.8, 4) is 0 Å². The maximum Gasteiger partial charge on any atom is 0.303 e. The van der Waals surface area contributed by atoms with Gasteiger partial charge >= 0.3 is 11.9 Å². The first-order chi connectivity index (χ1) is 12.0. The monoisotopic (exact) mass is 366 g/mol. The molecular formula is C21H34O5. The molecule has 0 saturated heterocycles. The van der Waals surface area contributed by atoms with Crippen molar-refractivity contribution in [2.75, 3.05) is 0 Å². The van der Waals surface area contributed by atoms with Crippen molar-refractivity contribution in [1.82, 2.24) is 0 Å². The average Bonchev–Trinajstić information content (AvgIpc) is 2.78. The van der Waals surface area contributed by atoms with E-state index in [1.807, 2.05) is 6.92 Å². The summed E-state index contributed by atoms with van der Waals surface area (Å²) in [6, 6.07) is 0. The van der Waals surface area contributed by atoms with Gasteiger partial charge in [0, 0.05) is 12.8 Å². The lowest BCUT2D eigenvalue weighted by molar-refractivity contribution is -0.154. The molecule has 7 atom stereocenters. The third kappa shape index (κ3) is 2.96. The van der Waals surface area contributed by atoms with Gasteiger partial charge in [0.1, 0.15) is 0 Å². The SMILES string of the molecule is C[C@]1(CCC(=O)O)[C@H](CC(=O)O)CC[C@@H]2[C@@H]1CC[C@@]1(C)[C@H]2CC[C@]1(C)O. The third-order valence-electron chi connectivity index (χ3n) is 8.93. The summed E-state index contributed by atoms with van der Waals surface area (Å²) in [4.78, 5) is 22.7. The Morgan fingerprint density at radius 3 is 2.19 bits per heavy atom. The molecular weight excluding hydrogens is 332 g/mol. The van der Waals surface area contributed by atoms with Crippen LogP contribution in [-0.2, 0) is 9.59 Å². The highest BCUT2D eigenvalue weighted by Crippen LogP contribution is 2.67. The van der Waals surface area contributed by atoms with Gasteiger partial charge in [-0.05, 0) is 86.4 Å². The lowest BCUT2D eigenvalue weighted by Crippen LogP contribution is -2.55. The molecule has 0 aromatic heterocycles. The quantitative estimate of drug-likeness (QED) is 0.685. The Bertz CT molecular complexity index is 585. The van der Waals surface area contributed by atoms with Gasteiger partial charge in [0.15, 0.2) is 0 Å². The number of rotatable bonds is 5. The minimum absolute atomic E-state index is 0.0480. The standard InChI is InChI=1S/C21H34O5/c1-19(9-8-17(22)23)13(12-18(24)25)4-5-14-15(19)6-10-20(2)16(14)7-11-21(20,3)26/h13-16,26H,4-12H2,1-3H3,(H,22,23)(H,24,25)/t13-,14+,15-,16-,19-,20-,21-/m0/s1. The molecule has 0 bridgehead atoms. The zero-order valence-electron chi connectivity index (χ0n) is 16.3. The van der Waals surface area contributed by atoms with Crippen LogP contribution in [0.2, 0.25) is 0 Å². The normalized spacial score (nSPS) is 47.8. The van der Waals surface area contributed by atoms with E-state index in [0.717, 1.165) is 38.5 Å². The van der Waals surface area contributed by atoms with E-state index in [2.05, 4.69) is 13.8 Å². The van der Waals surface area contributed by atoms with Crippen molar-refractivity contribution in [3.63, 3.8) is 0 Å². The first-order valence-electron chi connectivity index (χ1n) is 10.2. The van der Waals surface area contributed by atoms with Crippen molar-refractivity contribution in [2.45, 2.75) is 84.2 Å². The Balaban J connectivity index is 1.90. The molecule has 3 saturated carbocycles. The third-order valence-corrected chi connectivity index (χ3v) is 8.93. The van der Waals surface area contributed by atoms with E-state index in [9.17, 15) is 24.9 Å². The second kappa shape index (κ2) is 6.50. The van der Waals surface area contributed by atoms with Crippen molar-refractivity contribution < 1.29 is 24.9 Å². The predicted molar refractivity (Wildman–Crippen MR) is 97.6 cm³/mol. The molecule has 0 aromatic carbocycles. The molecule has 0 aromatic rings. The number of hydrogen-bond acceptors (Lipinski definition) is 3. The van der Waals surface area contributed by atoms with Crippen LogP contribution in [0.1, 0.15) is 78.6 Å². The summed E-state index contributed by atoms with van der Waals surface area (Å²) < 4.78 is 0. The summed E-state index contributed by atoms with van der Waals surface area (Å²) in [6.07, 6.45) is 6.47. The largest absolute Gasteiger partial charge is 0.481 e. The van der Waals surface area contributed by atoms with Crippen LogP contribution in [0.4, 0.5) is 0 Å². The topological polar surface area (TPSA) is 94.8 Å². The minimum Gasteiger partial charge on any atom is -0.481 e. The molecule has 0 radical (unpaired) electrons. The Morgan fingerprint density at radius 1 is 0.923 bits per heavy atom. The number of carboxylic acid groups (broad SMARTS) is 2. The van der Waals surface area contributed by atoms with Crippen molar-refractivity contribution in [1.29, 1.82) is 0 Å². The highest BCUT2D eigenvalue weighted by atomic mass is 16.4. The summed E-state index contributed by atoms with van der Waals surface area (Å²) in [7, 11) is 0. The van der Waals surface area contributed by atoms with Gasteiger partial charge in [-0.2, -0.15) is 0 Å². The van der Waals surface area contributed by atoms with E-state index < -0.39 is 17.5 Å². The van der Waals surface area contributed by atoms with Crippen LogP contribution < -0.4 is 0 Å². The maximum atomic E-state index is 11.4. The van der Waals surface area contributed by atoms with Crippen LogP contribution >= 0.6 is 0 Å². The van der Waals surface area contributed by atoms with Crippen LogP contribution in [0.5, 0.6) is 0 Å². The molecule has 0 amide bonds. The fourth-order valence-corrected chi connectivity index (χ4v) is 7.09. The smallest absolute Gasteiger partial charge is 0.303 e. The highest BCUT2D eigenvalue weighted by Gasteiger charge is 2.62. The molecule has 0 aliphatic heterocycles. The zero-order valence-corrected chi connectivity index (χ0v) is 16.3. The van der Waals surface area contributed by atoms with Crippen molar-refractivity contribution in [2.24, 2.45) is 34.5 Å². The Labute approximate surface area is 156 Å². The van der Waals surface area contributed by atoms with E-state index in [1.165, 1.54) is 0 Å². The van der Waals surface area contributed by atoms with Crippen LogP contribution in [-0.4, -0.2) is 32.9 Å². The van der Waals surface area contributed by atoms with Gasteiger partial charge in [0.2, 0.25) is 0 Å². The van der Waals surface area contributed by atoms with E-state index in [4.69, 9.17) is 0 Å². The summed E-state index contributed by atoms with van der Waals surface area (Å²) in [5.41, 5.74) is -0.936. The molecule has 5 heteroatoms. The average molecular weight is 366 g/mol. The van der Waals surface area contributed by atoms with E-state index in [1.54, 1.807) is 0 Å². The Morgan fingerprint density at radius 2 is 1.58 bits per heavy atom. The van der Waals surface area contributed by atoms with Gasteiger partial charge in [-0.25, -0.2) is 0 Å². The summed E-state index contributed by atoms with van der Waals surface area (Å²) in [5, 5.41) is 29.6. The Kier molecular flexibility index (Phi) is 4.92. The lowest BCUT2D eigenvalue weighted by Gasteiger charge is -2.59. The molecule has 5 nitrogen and oxygen atoms in total. The first-order valence-corrected chi connectivity index (χ1v) is 10.2. The van der Waals surface area contributed by atoms with Gasteiger partial charge in [0.05, 0.1) is 5.60 Å². The first kappa shape index (κ1) is 19.7. The van der Waals surface area contributed by atoms with Crippen LogP contribution in [0, 0.1) is 34.5 Å². The predicted octanol–water partition coefficient (Wildman–Crippen LogP) is 3.94. The second-order valence-corrected chi connectivity index (χ2v) is 9.92. The number of fused-ring (bicyclic) bond motifs is 3. The molecule has 3 aliphatic rings. The summed E-state index contributed by atoms with van der Waals surface area (Å²) >= 11 is 0. The maximum absolute atomic E-state index is 11.4. The number of aliphatic hydroxyl groups is 1. The molecule has 3 rings (SSSR count). The fraction of sp³-hybridized carbons (Fsp3) is 0.905. The Hall–Kier alpha value is -1.10. The van der Waals surface area contributed by atoms with Crippen molar-refractivity contribution in [3.05, 3.63) is 0 Å². The summed E-state index contributed by atoms with van der Waals surface area (Å²) in [5.74, 6) is -0.220.